The smallest absolute Gasteiger partial charge is 0.251 e. The van der Waals surface area contributed by atoms with Crippen LogP contribution in [0.3, 0.4) is 0 Å². The summed E-state index contributed by atoms with van der Waals surface area (Å²) in [4.78, 5) is 26.8. The van der Waals surface area contributed by atoms with Crippen LogP contribution in [0.15, 0.2) is 48.5 Å². The highest BCUT2D eigenvalue weighted by atomic mass is 35.5. The van der Waals surface area contributed by atoms with E-state index in [9.17, 15) is 9.59 Å². The van der Waals surface area contributed by atoms with Crippen LogP contribution in [0.25, 0.3) is 0 Å². The van der Waals surface area contributed by atoms with Crippen LogP contribution in [-0.2, 0) is 16.6 Å². The zero-order valence-electron chi connectivity index (χ0n) is 19.5. The Bertz CT molecular complexity index is 930. The molecule has 33 heavy (non-hydrogen) atoms. The highest BCUT2D eigenvalue weighted by molar-refractivity contribution is 7.59. The minimum absolute atomic E-state index is 0. The molecule has 184 valence electrons. The van der Waals surface area contributed by atoms with Crippen molar-refractivity contribution in [1.29, 1.82) is 0 Å². The van der Waals surface area contributed by atoms with E-state index >= 15 is 0 Å². The van der Waals surface area contributed by atoms with Crippen LogP contribution < -0.4 is 10.6 Å². The summed E-state index contributed by atoms with van der Waals surface area (Å²) in [5, 5.41) is 6.40. The molecule has 0 bridgehead atoms. The summed E-state index contributed by atoms with van der Waals surface area (Å²) < 4.78 is 0. The first-order valence-electron chi connectivity index (χ1n) is 10.3. The fourth-order valence-corrected chi connectivity index (χ4v) is 4.13. The van der Waals surface area contributed by atoms with Crippen molar-refractivity contribution in [3.05, 3.63) is 70.2 Å². The zero-order chi connectivity index (χ0) is 21.9. The third kappa shape index (κ3) is 7.59. The number of carbonyl (C=O) groups is 2. The SMILES string of the molecule is CNC(=O)c1ccc(Cl)c(C[C@@H](CNC(=O)[C@H]2C[C@]2(C)c2ccccc2)N(C)C)c1.S.S.S. The third-order valence-corrected chi connectivity index (χ3v) is 6.59. The Morgan fingerprint density at radius 2 is 1.76 bits per heavy atom. The largest absolute Gasteiger partial charge is 0.355 e. The Balaban J connectivity index is 0.00000341. The molecule has 3 rings (SSSR count). The Hall–Kier alpha value is -1.32. The molecule has 1 aliphatic carbocycles. The number of amides is 2. The van der Waals surface area contributed by atoms with Crippen LogP contribution in [-0.4, -0.2) is 50.4 Å². The number of hydrogen-bond acceptors (Lipinski definition) is 3. The maximum absolute atomic E-state index is 12.8. The van der Waals surface area contributed by atoms with Gasteiger partial charge in [-0.25, -0.2) is 0 Å². The predicted molar refractivity (Wildman–Crippen MR) is 152 cm³/mol. The molecule has 5 nitrogen and oxygen atoms in total. The molecule has 2 aromatic rings. The fraction of sp³-hybridized carbons (Fsp3) is 0.417. The number of halogens is 1. The molecule has 0 radical (unpaired) electrons. The number of nitrogens with zero attached hydrogens (tertiary/aromatic N) is 1. The molecule has 9 heteroatoms. The molecule has 0 saturated heterocycles. The zero-order valence-corrected chi connectivity index (χ0v) is 23.3. The second-order valence-electron chi connectivity index (χ2n) is 8.49. The van der Waals surface area contributed by atoms with Gasteiger partial charge in [0.05, 0.1) is 0 Å². The van der Waals surface area contributed by atoms with Crippen molar-refractivity contribution in [1.82, 2.24) is 15.5 Å². The third-order valence-electron chi connectivity index (χ3n) is 6.22. The monoisotopic (exact) mass is 529 g/mol. The Kier molecular flexibility index (Phi) is 13.0. The quantitative estimate of drug-likeness (QED) is 0.549. The van der Waals surface area contributed by atoms with E-state index in [1.54, 1.807) is 19.2 Å². The average molecular weight is 530 g/mol. The van der Waals surface area contributed by atoms with E-state index < -0.39 is 0 Å². The molecule has 2 aromatic carbocycles. The van der Waals surface area contributed by atoms with Gasteiger partial charge in [0.15, 0.2) is 0 Å². The van der Waals surface area contributed by atoms with Crippen LogP contribution in [0.1, 0.15) is 34.8 Å². The van der Waals surface area contributed by atoms with Crippen LogP contribution in [0.2, 0.25) is 5.02 Å². The van der Waals surface area contributed by atoms with E-state index in [0.717, 1.165) is 12.0 Å². The molecule has 0 aromatic heterocycles. The first kappa shape index (κ1) is 31.7. The van der Waals surface area contributed by atoms with E-state index in [0.29, 0.717) is 23.6 Å². The van der Waals surface area contributed by atoms with Gasteiger partial charge in [-0.05, 0) is 56.3 Å². The van der Waals surface area contributed by atoms with Gasteiger partial charge in [0, 0.05) is 41.6 Å². The van der Waals surface area contributed by atoms with Crippen molar-refractivity contribution >= 4 is 63.9 Å². The van der Waals surface area contributed by atoms with E-state index in [-0.39, 0.29) is 69.7 Å². The van der Waals surface area contributed by atoms with Gasteiger partial charge in [-0.1, -0.05) is 48.9 Å². The van der Waals surface area contributed by atoms with Gasteiger partial charge in [0.1, 0.15) is 0 Å². The number of likely N-dealkylation sites (N-methyl/N-ethyl adjacent to an activating group) is 1. The molecular formula is C24H36ClN3O2S3. The van der Waals surface area contributed by atoms with Crippen molar-refractivity contribution in [3.8, 4) is 0 Å². The maximum atomic E-state index is 12.8. The van der Waals surface area contributed by atoms with E-state index in [1.807, 2.05) is 38.4 Å². The fourth-order valence-electron chi connectivity index (χ4n) is 3.93. The normalized spacial score (nSPS) is 19.3. The summed E-state index contributed by atoms with van der Waals surface area (Å²) in [5.74, 6) is -0.0437. The summed E-state index contributed by atoms with van der Waals surface area (Å²) in [6, 6.07) is 15.6. The predicted octanol–water partition coefficient (Wildman–Crippen LogP) is 3.60. The minimum atomic E-state index is -0.142. The standard InChI is InChI=1S/C24H30ClN3O2.3H2S/c1-24(18-8-6-5-7-9-18)14-20(24)23(30)27-15-19(28(3)4)13-17-12-16(22(29)26-2)10-11-21(17)25;;;/h5-12,19-20H,13-15H2,1-4H3,(H,26,29)(H,27,30);3*1H2/t19-,20+,24+;;;/m0.../s1. The number of rotatable bonds is 8. The average Bonchev–Trinajstić information content (AvgIpc) is 3.45. The number of hydrogen-bond donors (Lipinski definition) is 2. The Morgan fingerprint density at radius 1 is 1.12 bits per heavy atom. The van der Waals surface area contributed by atoms with Gasteiger partial charge >= 0.3 is 0 Å². The van der Waals surface area contributed by atoms with Crippen molar-refractivity contribution < 1.29 is 9.59 Å². The summed E-state index contributed by atoms with van der Waals surface area (Å²) in [7, 11) is 5.58. The topological polar surface area (TPSA) is 61.4 Å². The second kappa shape index (κ2) is 13.5. The van der Waals surface area contributed by atoms with E-state index in [2.05, 4.69) is 34.6 Å². The molecular weight excluding hydrogens is 494 g/mol. The van der Waals surface area contributed by atoms with E-state index in [1.165, 1.54) is 5.56 Å². The number of carbonyl (C=O) groups excluding carboxylic acids is 2. The molecule has 1 fully saturated rings. The molecule has 1 saturated carbocycles. The maximum Gasteiger partial charge on any atom is 0.251 e. The highest BCUT2D eigenvalue weighted by Crippen LogP contribution is 2.53. The summed E-state index contributed by atoms with van der Waals surface area (Å²) >= 11 is 6.38. The summed E-state index contributed by atoms with van der Waals surface area (Å²) in [5.41, 5.74) is 2.61. The lowest BCUT2D eigenvalue weighted by Gasteiger charge is -2.25. The van der Waals surface area contributed by atoms with Crippen LogP contribution in [0.5, 0.6) is 0 Å². The molecule has 3 atom stereocenters. The van der Waals surface area contributed by atoms with Gasteiger partial charge in [-0.15, -0.1) is 0 Å². The van der Waals surface area contributed by atoms with Crippen molar-refractivity contribution in [2.45, 2.75) is 31.2 Å². The highest BCUT2D eigenvalue weighted by Gasteiger charge is 2.55. The lowest BCUT2D eigenvalue weighted by Crippen LogP contribution is -2.42. The van der Waals surface area contributed by atoms with Crippen LogP contribution in [0, 0.1) is 5.92 Å². The Labute approximate surface area is 223 Å². The summed E-state index contributed by atoms with van der Waals surface area (Å²) in [6.45, 7) is 2.67. The van der Waals surface area contributed by atoms with Crippen LogP contribution >= 0.6 is 52.1 Å². The molecule has 0 spiro atoms. The van der Waals surface area contributed by atoms with Gasteiger partial charge in [0.2, 0.25) is 5.91 Å². The lowest BCUT2D eigenvalue weighted by atomic mass is 9.95. The van der Waals surface area contributed by atoms with Gasteiger partial charge in [-0.3, -0.25) is 9.59 Å². The Morgan fingerprint density at radius 3 is 2.33 bits per heavy atom. The molecule has 2 N–H and O–H groups in total. The molecule has 0 heterocycles. The van der Waals surface area contributed by atoms with Gasteiger partial charge < -0.3 is 15.5 Å². The lowest BCUT2D eigenvalue weighted by molar-refractivity contribution is -0.122. The first-order valence-corrected chi connectivity index (χ1v) is 10.6. The molecule has 0 unspecified atom stereocenters. The van der Waals surface area contributed by atoms with Crippen molar-refractivity contribution in [3.63, 3.8) is 0 Å². The van der Waals surface area contributed by atoms with Gasteiger partial charge in [0.25, 0.3) is 5.91 Å². The van der Waals surface area contributed by atoms with Gasteiger partial charge in [-0.2, -0.15) is 40.5 Å². The minimum Gasteiger partial charge on any atom is -0.355 e. The molecule has 0 aliphatic heterocycles. The summed E-state index contributed by atoms with van der Waals surface area (Å²) in [6.07, 6.45) is 1.51. The molecule has 1 aliphatic rings. The van der Waals surface area contributed by atoms with Crippen molar-refractivity contribution in [2.75, 3.05) is 27.7 Å². The first-order chi connectivity index (χ1) is 14.3. The van der Waals surface area contributed by atoms with Crippen molar-refractivity contribution in [2.24, 2.45) is 5.92 Å². The number of nitrogens with one attached hydrogen (secondary N) is 2. The van der Waals surface area contributed by atoms with Crippen LogP contribution in [0.4, 0.5) is 0 Å². The molecule has 2 amide bonds. The second-order valence-corrected chi connectivity index (χ2v) is 8.90. The van der Waals surface area contributed by atoms with E-state index in [4.69, 9.17) is 11.6 Å². The number of benzene rings is 2.